The number of unbranched alkanes of at least 4 members (excludes halogenated alkanes) is 6. The molecule has 0 aliphatic heterocycles. The van der Waals surface area contributed by atoms with Gasteiger partial charge in [-0.05, 0) is 38.5 Å². The molecular formula is C16H28OSi. The van der Waals surface area contributed by atoms with E-state index in [0.29, 0.717) is 6.42 Å². The van der Waals surface area contributed by atoms with Gasteiger partial charge in [-0.3, -0.25) is 0 Å². The fourth-order valence-electron chi connectivity index (χ4n) is 1.53. The Hall–Kier alpha value is -0.813. The van der Waals surface area contributed by atoms with E-state index in [9.17, 15) is 4.79 Å². The predicted molar refractivity (Wildman–Crippen MR) is 83.3 cm³/mol. The first-order chi connectivity index (χ1) is 8.56. The molecule has 18 heavy (non-hydrogen) atoms. The number of carbonyl (C=O) groups excluding carboxylic acids is 1. The summed E-state index contributed by atoms with van der Waals surface area (Å²) in [4.78, 5) is 10.1. The van der Waals surface area contributed by atoms with Gasteiger partial charge in [-0.15, -0.1) is 11.5 Å². The summed E-state index contributed by atoms with van der Waals surface area (Å²) in [5, 5.41) is 0. The van der Waals surface area contributed by atoms with Gasteiger partial charge in [0.25, 0.3) is 0 Å². The van der Waals surface area contributed by atoms with Crippen molar-refractivity contribution < 1.29 is 4.79 Å². The summed E-state index contributed by atoms with van der Waals surface area (Å²) in [6, 6.07) is 0. The Morgan fingerprint density at radius 1 is 0.889 bits per heavy atom. The van der Waals surface area contributed by atoms with Gasteiger partial charge < -0.3 is 4.79 Å². The fourth-order valence-corrected chi connectivity index (χ4v) is 2.18. The van der Waals surface area contributed by atoms with Crippen LogP contribution in [0.4, 0.5) is 0 Å². The molecule has 0 saturated heterocycles. The summed E-state index contributed by atoms with van der Waals surface area (Å²) in [5.74, 6) is 3.31. The Kier molecular flexibility index (Phi) is 10.8. The lowest BCUT2D eigenvalue weighted by atomic mass is 10.1. The molecule has 0 aliphatic carbocycles. The minimum Gasteiger partial charge on any atom is -0.303 e. The largest absolute Gasteiger partial charge is 0.303 e. The van der Waals surface area contributed by atoms with E-state index in [4.69, 9.17) is 0 Å². The zero-order valence-corrected chi connectivity index (χ0v) is 13.3. The van der Waals surface area contributed by atoms with Crippen LogP contribution in [-0.2, 0) is 4.79 Å². The Bertz CT molecular complexity index is 288. The molecule has 0 aromatic rings. The number of hydrogen-bond acceptors (Lipinski definition) is 1. The lowest BCUT2D eigenvalue weighted by Crippen LogP contribution is -2.16. The maximum atomic E-state index is 10.1. The summed E-state index contributed by atoms with van der Waals surface area (Å²) in [6.07, 6.45) is 14.2. The first-order valence-corrected chi connectivity index (χ1v) is 10.6. The summed E-state index contributed by atoms with van der Waals surface area (Å²) < 4.78 is 0. The Morgan fingerprint density at radius 3 is 2.00 bits per heavy atom. The SMILES string of the molecule is C[Si](C)(C)C#CCCCC/C=C\CCCCC=O. The summed E-state index contributed by atoms with van der Waals surface area (Å²) in [5.41, 5.74) is 3.40. The van der Waals surface area contributed by atoms with Crippen molar-refractivity contribution in [3.63, 3.8) is 0 Å². The van der Waals surface area contributed by atoms with Crippen LogP contribution >= 0.6 is 0 Å². The van der Waals surface area contributed by atoms with Gasteiger partial charge in [0.05, 0.1) is 0 Å². The summed E-state index contributed by atoms with van der Waals surface area (Å²) >= 11 is 0. The number of rotatable bonds is 9. The summed E-state index contributed by atoms with van der Waals surface area (Å²) in [7, 11) is -1.15. The molecular weight excluding hydrogens is 236 g/mol. The zero-order chi connectivity index (χ0) is 13.7. The molecule has 0 atom stereocenters. The van der Waals surface area contributed by atoms with Gasteiger partial charge in [-0.1, -0.05) is 31.8 Å². The van der Waals surface area contributed by atoms with Crippen molar-refractivity contribution in [3.05, 3.63) is 12.2 Å². The quantitative estimate of drug-likeness (QED) is 0.193. The normalized spacial score (nSPS) is 11.3. The average Bonchev–Trinajstić information content (AvgIpc) is 2.29. The van der Waals surface area contributed by atoms with Crippen molar-refractivity contribution in [1.29, 1.82) is 0 Å². The second-order valence-electron chi connectivity index (χ2n) is 5.72. The molecule has 0 amide bonds. The van der Waals surface area contributed by atoms with Gasteiger partial charge >= 0.3 is 0 Å². The van der Waals surface area contributed by atoms with Crippen molar-refractivity contribution in [3.8, 4) is 11.5 Å². The van der Waals surface area contributed by atoms with Crippen molar-refractivity contribution in [2.75, 3.05) is 0 Å². The van der Waals surface area contributed by atoms with E-state index in [0.717, 1.165) is 32.0 Å². The molecule has 0 N–H and O–H groups in total. The number of hydrogen-bond donors (Lipinski definition) is 0. The average molecular weight is 264 g/mol. The fraction of sp³-hybridized carbons (Fsp3) is 0.688. The highest BCUT2D eigenvalue weighted by Gasteiger charge is 2.06. The van der Waals surface area contributed by atoms with Crippen LogP contribution in [0, 0.1) is 11.5 Å². The zero-order valence-electron chi connectivity index (χ0n) is 12.3. The second-order valence-corrected chi connectivity index (χ2v) is 10.5. The van der Waals surface area contributed by atoms with Gasteiger partial charge in [-0.25, -0.2) is 0 Å². The molecule has 0 saturated carbocycles. The molecule has 0 bridgehead atoms. The highest BCUT2D eigenvalue weighted by Crippen LogP contribution is 2.04. The van der Waals surface area contributed by atoms with Crippen LogP contribution in [0.3, 0.4) is 0 Å². The first-order valence-electron chi connectivity index (χ1n) is 7.15. The molecule has 1 nitrogen and oxygen atoms in total. The lowest BCUT2D eigenvalue weighted by Gasteiger charge is -2.03. The van der Waals surface area contributed by atoms with E-state index >= 15 is 0 Å². The highest BCUT2D eigenvalue weighted by molar-refractivity contribution is 6.83. The molecule has 0 aromatic heterocycles. The van der Waals surface area contributed by atoms with E-state index < -0.39 is 8.07 Å². The molecule has 0 radical (unpaired) electrons. The Morgan fingerprint density at radius 2 is 1.44 bits per heavy atom. The third kappa shape index (κ3) is 15.2. The van der Waals surface area contributed by atoms with E-state index in [1.165, 1.54) is 19.3 Å². The van der Waals surface area contributed by atoms with Gasteiger partial charge in [-0.2, -0.15) is 0 Å². The van der Waals surface area contributed by atoms with Crippen molar-refractivity contribution in [2.24, 2.45) is 0 Å². The van der Waals surface area contributed by atoms with Crippen molar-refractivity contribution >= 4 is 14.4 Å². The number of allylic oxidation sites excluding steroid dienone is 2. The summed E-state index contributed by atoms with van der Waals surface area (Å²) in [6.45, 7) is 6.86. The standard InChI is InChI=1S/C16H28OSi/c1-18(2,3)16-14-12-10-8-6-4-5-7-9-11-13-15-17/h4-5,15H,6-13H2,1-3H3/b5-4-. The van der Waals surface area contributed by atoms with Crippen LogP contribution in [0.15, 0.2) is 12.2 Å². The second kappa shape index (κ2) is 11.3. The van der Waals surface area contributed by atoms with Crippen LogP contribution < -0.4 is 0 Å². The highest BCUT2D eigenvalue weighted by atomic mass is 28.3. The molecule has 2 heteroatoms. The molecule has 0 aliphatic rings. The predicted octanol–water partition coefficient (Wildman–Crippen LogP) is 4.74. The van der Waals surface area contributed by atoms with Crippen LogP contribution in [0.2, 0.25) is 19.6 Å². The van der Waals surface area contributed by atoms with E-state index in [-0.39, 0.29) is 0 Å². The van der Waals surface area contributed by atoms with Crippen molar-refractivity contribution in [1.82, 2.24) is 0 Å². The van der Waals surface area contributed by atoms with Crippen LogP contribution in [0.25, 0.3) is 0 Å². The Labute approximate surface area is 114 Å². The lowest BCUT2D eigenvalue weighted by molar-refractivity contribution is -0.107. The monoisotopic (exact) mass is 264 g/mol. The van der Waals surface area contributed by atoms with Crippen molar-refractivity contribution in [2.45, 2.75) is 71.0 Å². The molecule has 0 rings (SSSR count). The first kappa shape index (κ1) is 17.2. The van der Waals surface area contributed by atoms with Crippen LogP contribution in [0.5, 0.6) is 0 Å². The number of carbonyl (C=O) groups is 1. The molecule has 0 fully saturated rings. The van der Waals surface area contributed by atoms with E-state index in [1.807, 2.05) is 0 Å². The number of aldehydes is 1. The smallest absolute Gasteiger partial charge is 0.129 e. The minimum absolute atomic E-state index is 0.712. The maximum Gasteiger partial charge on any atom is 0.129 e. The van der Waals surface area contributed by atoms with Gasteiger partial charge in [0.15, 0.2) is 0 Å². The Balaban J connectivity index is 3.31. The van der Waals surface area contributed by atoms with E-state index in [2.05, 4.69) is 43.3 Å². The van der Waals surface area contributed by atoms with Crippen LogP contribution in [0.1, 0.15) is 51.4 Å². The van der Waals surface area contributed by atoms with E-state index in [1.54, 1.807) is 0 Å². The maximum absolute atomic E-state index is 10.1. The molecule has 0 unspecified atom stereocenters. The molecule has 102 valence electrons. The molecule has 0 aromatic carbocycles. The topological polar surface area (TPSA) is 17.1 Å². The van der Waals surface area contributed by atoms with Gasteiger partial charge in [0.2, 0.25) is 0 Å². The van der Waals surface area contributed by atoms with Gasteiger partial charge in [0.1, 0.15) is 14.4 Å². The third-order valence-electron chi connectivity index (χ3n) is 2.50. The molecule has 0 heterocycles. The van der Waals surface area contributed by atoms with Gasteiger partial charge in [0, 0.05) is 12.8 Å². The van der Waals surface area contributed by atoms with Crippen LogP contribution in [-0.4, -0.2) is 14.4 Å². The third-order valence-corrected chi connectivity index (χ3v) is 3.42. The minimum atomic E-state index is -1.15. The molecule has 0 spiro atoms.